The Morgan fingerprint density at radius 3 is 2.24 bits per heavy atom. The molecule has 0 unspecified atom stereocenters. The summed E-state index contributed by atoms with van der Waals surface area (Å²) in [5.74, 6) is -0.0700. The molecule has 2 aromatic rings. The molecule has 1 nitrogen and oxygen atoms in total. The first-order chi connectivity index (χ1) is 7.97. The van der Waals surface area contributed by atoms with E-state index in [1.807, 2.05) is 13.0 Å². The molecule has 0 spiro atoms. The Hall–Kier alpha value is -0.350. The molecular weight excluding hydrogens is 343 g/mol. The maximum Gasteiger partial charge on any atom is 0.204 e. The van der Waals surface area contributed by atoms with Crippen LogP contribution in [0.15, 0.2) is 28.7 Å². The summed E-state index contributed by atoms with van der Waals surface area (Å²) in [6, 6.07) is 6.77. The SMILES string of the molecule is Cc1cc(Br)c(C(=O)c2cc(Cl)cc(Cl)c2)s1. The van der Waals surface area contributed by atoms with E-state index in [-0.39, 0.29) is 5.78 Å². The van der Waals surface area contributed by atoms with Gasteiger partial charge in [-0.05, 0) is 47.1 Å². The van der Waals surface area contributed by atoms with Gasteiger partial charge in [-0.25, -0.2) is 0 Å². The van der Waals surface area contributed by atoms with Gasteiger partial charge in [0, 0.05) is 25.0 Å². The third-order valence-corrected chi connectivity index (χ3v) is 4.51. The van der Waals surface area contributed by atoms with Crippen molar-refractivity contribution in [3.63, 3.8) is 0 Å². The Morgan fingerprint density at radius 1 is 1.18 bits per heavy atom. The molecule has 0 saturated carbocycles. The summed E-state index contributed by atoms with van der Waals surface area (Å²) in [5.41, 5.74) is 0.505. The molecule has 1 aromatic heterocycles. The number of thiophene rings is 1. The highest BCUT2D eigenvalue weighted by Gasteiger charge is 2.16. The summed E-state index contributed by atoms with van der Waals surface area (Å²) in [6.07, 6.45) is 0. The highest BCUT2D eigenvalue weighted by atomic mass is 79.9. The van der Waals surface area contributed by atoms with Crippen LogP contribution in [0.5, 0.6) is 0 Å². The van der Waals surface area contributed by atoms with Crippen molar-refractivity contribution in [2.24, 2.45) is 0 Å². The van der Waals surface area contributed by atoms with E-state index in [0.29, 0.717) is 20.5 Å². The molecule has 0 aliphatic rings. The van der Waals surface area contributed by atoms with Gasteiger partial charge in [0.1, 0.15) is 0 Å². The summed E-state index contributed by atoms with van der Waals surface area (Å²) in [7, 11) is 0. The van der Waals surface area contributed by atoms with Gasteiger partial charge in [0.15, 0.2) is 0 Å². The van der Waals surface area contributed by atoms with Crippen molar-refractivity contribution in [2.45, 2.75) is 6.92 Å². The normalized spacial score (nSPS) is 10.6. The van der Waals surface area contributed by atoms with E-state index in [1.54, 1.807) is 18.2 Å². The average molecular weight is 350 g/mol. The van der Waals surface area contributed by atoms with Gasteiger partial charge >= 0.3 is 0 Å². The minimum absolute atomic E-state index is 0.0700. The smallest absolute Gasteiger partial charge is 0.204 e. The van der Waals surface area contributed by atoms with Crippen molar-refractivity contribution >= 4 is 56.3 Å². The Morgan fingerprint density at radius 2 is 1.76 bits per heavy atom. The molecule has 0 fully saturated rings. The van der Waals surface area contributed by atoms with E-state index in [0.717, 1.165) is 9.35 Å². The van der Waals surface area contributed by atoms with Crippen molar-refractivity contribution in [2.75, 3.05) is 0 Å². The number of benzene rings is 1. The van der Waals surface area contributed by atoms with E-state index >= 15 is 0 Å². The minimum Gasteiger partial charge on any atom is -0.288 e. The first-order valence-electron chi connectivity index (χ1n) is 4.74. The van der Waals surface area contributed by atoms with Crippen LogP contribution in [0.1, 0.15) is 20.1 Å². The summed E-state index contributed by atoms with van der Waals surface area (Å²) in [5, 5.41) is 0.926. The molecule has 1 aromatic carbocycles. The monoisotopic (exact) mass is 348 g/mol. The number of carbonyl (C=O) groups excluding carboxylic acids is 1. The summed E-state index contributed by atoms with van der Waals surface area (Å²) in [4.78, 5) is 14.0. The molecule has 0 N–H and O–H groups in total. The molecule has 0 bridgehead atoms. The van der Waals surface area contributed by atoms with Crippen molar-refractivity contribution in [3.05, 3.63) is 54.1 Å². The van der Waals surface area contributed by atoms with Crippen LogP contribution in [-0.4, -0.2) is 5.78 Å². The first kappa shape index (κ1) is 13.1. The van der Waals surface area contributed by atoms with Crippen LogP contribution < -0.4 is 0 Å². The van der Waals surface area contributed by atoms with Crippen LogP contribution in [0.2, 0.25) is 10.0 Å². The quantitative estimate of drug-likeness (QED) is 0.667. The molecule has 0 radical (unpaired) electrons. The third-order valence-electron chi connectivity index (χ3n) is 2.14. The molecule has 0 amide bonds. The summed E-state index contributed by atoms with van der Waals surface area (Å²) >= 11 is 16.6. The lowest BCUT2D eigenvalue weighted by atomic mass is 10.1. The lowest BCUT2D eigenvalue weighted by molar-refractivity contribution is 0.104. The van der Waals surface area contributed by atoms with Gasteiger partial charge in [-0.3, -0.25) is 4.79 Å². The number of halogens is 3. The molecule has 17 heavy (non-hydrogen) atoms. The van der Waals surface area contributed by atoms with Gasteiger partial charge < -0.3 is 0 Å². The molecular formula is C12H7BrCl2OS. The van der Waals surface area contributed by atoms with E-state index in [2.05, 4.69) is 15.9 Å². The van der Waals surface area contributed by atoms with Crippen LogP contribution >= 0.6 is 50.5 Å². The van der Waals surface area contributed by atoms with Crippen molar-refractivity contribution in [1.82, 2.24) is 0 Å². The molecule has 5 heteroatoms. The topological polar surface area (TPSA) is 17.1 Å². The maximum atomic E-state index is 12.2. The van der Waals surface area contributed by atoms with Gasteiger partial charge in [-0.2, -0.15) is 0 Å². The lowest BCUT2D eigenvalue weighted by Crippen LogP contribution is -1.99. The summed E-state index contributed by atoms with van der Waals surface area (Å²) < 4.78 is 0.807. The minimum atomic E-state index is -0.0700. The lowest BCUT2D eigenvalue weighted by Gasteiger charge is -2.01. The Kier molecular flexibility index (Phi) is 3.93. The highest BCUT2D eigenvalue weighted by Crippen LogP contribution is 2.30. The standard InChI is InChI=1S/C12H7BrCl2OS/c1-6-2-10(13)12(17-6)11(16)7-3-8(14)5-9(15)4-7/h2-5H,1H3. The number of ketones is 1. The number of aryl methyl sites for hydroxylation is 1. The predicted molar refractivity (Wildman–Crippen MR) is 76.7 cm³/mol. The molecule has 2 rings (SSSR count). The average Bonchev–Trinajstić information content (AvgIpc) is 2.55. The van der Waals surface area contributed by atoms with Crippen molar-refractivity contribution in [1.29, 1.82) is 0 Å². The first-order valence-corrected chi connectivity index (χ1v) is 7.10. The zero-order valence-corrected chi connectivity index (χ0v) is 12.7. The van der Waals surface area contributed by atoms with E-state index in [4.69, 9.17) is 23.2 Å². The van der Waals surface area contributed by atoms with Gasteiger partial charge in [-0.15, -0.1) is 11.3 Å². The number of carbonyl (C=O) groups is 1. The maximum absolute atomic E-state index is 12.2. The van der Waals surface area contributed by atoms with Gasteiger partial charge in [0.25, 0.3) is 0 Å². The van der Waals surface area contributed by atoms with Crippen LogP contribution in [-0.2, 0) is 0 Å². The van der Waals surface area contributed by atoms with Gasteiger partial charge in [0.2, 0.25) is 5.78 Å². The van der Waals surface area contributed by atoms with E-state index in [1.165, 1.54) is 11.3 Å². The molecule has 0 saturated heterocycles. The Labute approximate surface area is 121 Å². The van der Waals surface area contributed by atoms with Crippen LogP contribution in [0.4, 0.5) is 0 Å². The van der Waals surface area contributed by atoms with Crippen molar-refractivity contribution < 1.29 is 4.79 Å². The number of hydrogen-bond donors (Lipinski definition) is 0. The van der Waals surface area contributed by atoms with E-state index < -0.39 is 0 Å². The molecule has 1 heterocycles. The fraction of sp³-hybridized carbons (Fsp3) is 0.0833. The fourth-order valence-electron chi connectivity index (χ4n) is 1.45. The Balaban J connectivity index is 2.47. The third kappa shape index (κ3) is 2.91. The largest absolute Gasteiger partial charge is 0.288 e. The van der Waals surface area contributed by atoms with Gasteiger partial charge in [-0.1, -0.05) is 23.2 Å². The van der Waals surface area contributed by atoms with Gasteiger partial charge in [0.05, 0.1) is 4.88 Å². The second-order valence-electron chi connectivity index (χ2n) is 3.52. The van der Waals surface area contributed by atoms with Crippen LogP contribution in [0.25, 0.3) is 0 Å². The zero-order valence-electron chi connectivity index (χ0n) is 8.76. The van der Waals surface area contributed by atoms with Crippen molar-refractivity contribution in [3.8, 4) is 0 Å². The molecule has 0 aliphatic heterocycles. The molecule has 88 valence electrons. The number of hydrogen-bond acceptors (Lipinski definition) is 2. The molecule has 0 aliphatic carbocycles. The Bertz CT molecular complexity index is 572. The predicted octanol–water partition coefficient (Wildman–Crippen LogP) is 5.36. The molecule has 0 atom stereocenters. The van der Waals surface area contributed by atoms with Crippen LogP contribution in [0.3, 0.4) is 0 Å². The highest BCUT2D eigenvalue weighted by molar-refractivity contribution is 9.10. The second kappa shape index (κ2) is 5.11. The van der Waals surface area contributed by atoms with Crippen LogP contribution in [0, 0.1) is 6.92 Å². The zero-order chi connectivity index (χ0) is 12.6. The van der Waals surface area contributed by atoms with E-state index in [9.17, 15) is 4.79 Å². The number of rotatable bonds is 2. The fourth-order valence-corrected chi connectivity index (χ4v) is 3.76. The second-order valence-corrected chi connectivity index (χ2v) is 6.50. The summed E-state index contributed by atoms with van der Waals surface area (Å²) in [6.45, 7) is 1.96.